The van der Waals surface area contributed by atoms with Crippen LogP contribution in [0.3, 0.4) is 0 Å². The van der Waals surface area contributed by atoms with Gasteiger partial charge in [0.25, 0.3) is 0 Å². The summed E-state index contributed by atoms with van der Waals surface area (Å²) in [7, 11) is -7.58. The van der Waals surface area contributed by atoms with Gasteiger partial charge in [-0.25, -0.2) is 9.13 Å². The molecule has 1 aromatic carbocycles. The number of unbranched alkanes of at least 4 members (excludes halogenated alkanes) is 3. The van der Waals surface area contributed by atoms with Crippen LogP contribution >= 0.6 is 15.6 Å². The molecule has 15 heteroatoms. The van der Waals surface area contributed by atoms with Gasteiger partial charge in [0.05, 0.1) is 30.3 Å². The molecular formula is C22H41N3O10P2. The molecular weight excluding hydrogens is 528 g/mol. The fourth-order valence-corrected chi connectivity index (χ4v) is 3.31. The van der Waals surface area contributed by atoms with E-state index in [0.717, 1.165) is 52.9 Å². The Labute approximate surface area is 217 Å². The number of hydrogen-bond acceptors (Lipinski definition) is 7. The predicted molar refractivity (Wildman–Crippen MR) is 143 cm³/mol. The average Bonchev–Trinajstić information content (AvgIpc) is 2.76. The lowest BCUT2D eigenvalue weighted by Gasteiger charge is -2.20. The van der Waals surface area contributed by atoms with Gasteiger partial charge in [0.2, 0.25) is 0 Å². The van der Waals surface area contributed by atoms with Crippen molar-refractivity contribution in [1.82, 2.24) is 4.98 Å². The lowest BCUT2D eigenvalue weighted by Crippen LogP contribution is -2.17. The molecule has 0 spiro atoms. The van der Waals surface area contributed by atoms with Gasteiger partial charge in [0.15, 0.2) is 11.5 Å². The minimum atomic E-state index is -4.64. The Balaban J connectivity index is 0.00000110. The summed E-state index contributed by atoms with van der Waals surface area (Å²) in [4.78, 5) is 47.8. The third-order valence-electron chi connectivity index (χ3n) is 4.85. The molecule has 214 valence electrons. The molecule has 0 amide bonds. The lowest BCUT2D eigenvalue weighted by atomic mass is 10.1. The maximum absolute atomic E-state index is 8.88. The van der Waals surface area contributed by atoms with Crippen LogP contribution in [-0.2, 0) is 9.13 Å². The van der Waals surface area contributed by atoms with Gasteiger partial charge >= 0.3 is 15.6 Å². The van der Waals surface area contributed by atoms with Crippen LogP contribution in [0.2, 0.25) is 0 Å². The molecule has 0 fully saturated rings. The van der Waals surface area contributed by atoms with Crippen LogP contribution in [0.15, 0.2) is 18.3 Å². The maximum atomic E-state index is 8.88. The molecule has 0 aliphatic carbocycles. The quantitative estimate of drug-likeness (QED) is 0.136. The molecule has 37 heavy (non-hydrogen) atoms. The third-order valence-corrected chi connectivity index (χ3v) is 4.85. The number of pyridine rings is 1. The van der Waals surface area contributed by atoms with Gasteiger partial charge in [-0.15, -0.1) is 0 Å². The first-order valence-corrected chi connectivity index (χ1v) is 14.9. The van der Waals surface area contributed by atoms with Gasteiger partial charge in [-0.3, -0.25) is 4.98 Å². The molecule has 0 radical (unpaired) electrons. The van der Waals surface area contributed by atoms with Gasteiger partial charge in [-0.2, -0.15) is 0 Å². The van der Waals surface area contributed by atoms with Crippen molar-refractivity contribution in [2.24, 2.45) is 5.73 Å². The Morgan fingerprint density at radius 2 is 1.65 bits per heavy atom. The van der Waals surface area contributed by atoms with E-state index in [-0.39, 0.29) is 0 Å². The lowest BCUT2D eigenvalue weighted by molar-refractivity contribution is 0.272. The van der Waals surface area contributed by atoms with E-state index in [1.165, 1.54) is 19.3 Å². The zero-order valence-corrected chi connectivity index (χ0v) is 23.5. The number of nitrogens with one attached hydrogen (secondary N) is 1. The highest BCUT2D eigenvalue weighted by Crippen LogP contribution is 2.41. The summed E-state index contributed by atoms with van der Waals surface area (Å²) in [5.41, 5.74) is 8.69. The third kappa shape index (κ3) is 17.4. The molecule has 2 aromatic rings. The number of aryl methyl sites for hydroxylation is 1. The van der Waals surface area contributed by atoms with Crippen LogP contribution in [0.5, 0.6) is 11.5 Å². The highest BCUT2D eigenvalue weighted by molar-refractivity contribution is 7.45. The average molecular weight is 570 g/mol. The molecule has 2 rings (SSSR count). The van der Waals surface area contributed by atoms with E-state index in [0.29, 0.717) is 19.2 Å². The minimum absolute atomic E-state index is 0.310. The summed E-state index contributed by atoms with van der Waals surface area (Å²) in [6.45, 7) is 7.88. The zero-order valence-electron chi connectivity index (χ0n) is 21.7. The van der Waals surface area contributed by atoms with Gasteiger partial charge in [-0.1, -0.05) is 26.2 Å². The smallest absolute Gasteiger partial charge is 0.466 e. The first-order chi connectivity index (χ1) is 17.1. The van der Waals surface area contributed by atoms with E-state index < -0.39 is 15.6 Å². The topological polar surface area (TPSA) is 225 Å². The predicted octanol–water partition coefficient (Wildman–Crippen LogP) is 3.19. The monoisotopic (exact) mass is 569 g/mol. The van der Waals surface area contributed by atoms with E-state index in [4.69, 9.17) is 53.7 Å². The van der Waals surface area contributed by atoms with Gasteiger partial charge in [0, 0.05) is 18.3 Å². The van der Waals surface area contributed by atoms with Crippen molar-refractivity contribution in [2.45, 2.75) is 65.3 Å². The molecule has 0 bridgehead atoms. The van der Waals surface area contributed by atoms with Crippen LogP contribution < -0.4 is 20.5 Å². The number of anilines is 1. The number of ether oxygens (including phenoxy) is 2. The summed E-state index contributed by atoms with van der Waals surface area (Å²) in [6.07, 6.45) is 8.56. The molecule has 1 heterocycles. The number of rotatable bonds is 12. The van der Waals surface area contributed by atoms with Crippen LogP contribution in [0.4, 0.5) is 5.69 Å². The van der Waals surface area contributed by atoms with Crippen molar-refractivity contribution in [3.8, 4) is 11.5 Å². The first kappa shape index (κ1) is 35.2. The number of aromatic nitrogens is 1. The molecule has 0 aliphatic rings. The van der Waals surface area contributed by atoms with Gasteiger partial charge in [0.1, 0.15) is 0 Å². The number of nitrogens with zero attached hydrogens (tertiary/aromatic N) is 1. The molecule has 1 unspecified atom stereocenters. The van der Waals surface area contributed by atoms with Crippen molar-refractivity contribution >= 4 is 32.2 Å². The largest absolute Gasteiger partial charge is 0.493 e. The molecule has 0 saturated carbocycles. The Hall–Kier alpha value is -1.79. The van der Waals surface area contributed by atoms with Gasteiger partial charge < -0.3 is 49.9 Å². The Morgan fingerprint density at radius 3 is 2.16 bits per heavy atom. The number of benzene rings is 1. The van der Waals surface area contributed by atoms with E-state index in [2.05, 4.69) is 31.1 Å². The highest BCUT2D eigenvalue weighted by Gasteiger charge is 2.18. The number of fused-ring (bicyclic) bond motifs is 1. The summed E-state index contributed by atoms with van der Waals surface area (Å²) >= 11 is 0. The summed E-state index contributed by atoms with van der Waals surface area (Å²) in [5.74, 6) is 1.55. The Kier molecular flexibility index (Phi) is 16.8. The van der Waals surface area contributed by atoms with E-state index >= 15 is 0 Å². The first-order valence-electron chi connectivity index (χ1n) is 11.7. The summed E-state index contributed by atoms with van der Waals surface area (Å²) in [5, 5.41) is 4.61. The van der Waals surface area contributed by atoms with Crippen molar-refractivity contribution < 1.29 is 48.0 Å². The van der Waals surface area contributed by atoms with Crippen molar-refractivity contribution in [1.29, 1.82) is 0 Å². The van der Waals surface area contributed by atoms with Crippen LogP contribution in [-0.4, -0.2) is 60.6 Å². The maximum Gasteiger partial charge on any atom is 0.466 e. The second kappa shape index (κ2) is 17.7. The second-order valence-corrected chi connectivity index (χ2v) is 10.3. The van der Waals surface area contributed by atoms with Crippen LogP contribution in [0, 0.1) is 6.92 Å². The molecule has 1 aromatic heterocycles. The molecule has 0 aliphatic heterocycles. The van der Waals surface area contributed by atoms with Crippen LogP contribution in [0.25, 0.3) is 10.9 Å². The van der Waals surface area contributed by atoms with Crippen LogP contribution in [0.1, 0.15) is 57.9 Å². The Morgan fingerprint density at radius 1 is 1.05 bits per heavy atom. The normalized spacial score (nSPS) is 12.1. The molecule has 0 saturated heterocycles. The Bertz CT molecular complexity index is 993. The van der Waals surface area contributed by atoms with Crippen molar-refractivity contribution in [3.05, 3.63) is 23.9 Å². The fraction of sp³-hybridized carbons (Fsp3) is 0.591. The second-order valence-electron chi connectivity index (χ2n) is 8.22. The van der Waals surface area contributed by atoms with Crippen molar-refractivity contribution in [3.63, 3.8) is 0 Å². The number of hydrogen-bond donors (Lipinski definition) is 8. The van der Waals surface area contributed by atoms with E-state index in [1.807, 2.05) is 18.3 Å². The number of nitrogens with two attached hydrogens (primary N) is 1. The number of phosphoric acid groups is 2. The molecule has 9 N–H and O–H groups in total. The minimum Gasteiger partial charge on any atom is -0.493 e. The SMILES string of the molecule is CCCCCCOc1c(OC)cc(NC(C)CCCN)c2nccc(C)c12.O=P(O)(O)O.O=P(O)(O)O. The molecule has 1 atom stereocenters. The summed E-state index contributed by atoms with van der Waals surface area (Å²) in [6, 6.07) is 4.34. The van der Waals surface area contributed by atoms with E-state index in [1.54, 1.807) is 7.11 Å². The van der Waals surface area contributed by atoms with Gasteiger partial charge in [-0.05, 0) is 51.3 Å². The standard InChI is InChI=1S/C22H35N3O2.2H3O4P/c1-5-6-7-8-14-27-22-19(26-4)15-18(25-17(3)10-9-12-23)21-20(22)16(2)11-13-24-21;2*1-5(2,3)4/h11,13,15,17,25H,5-10,12,14,23H2,1-4H3;2*(H3,1,2,3,4). The van der Waals surface area contributed by atoms with E-state index in [9.17, 15) is 0 Å². The zero-order chi connectivity index (χ0) is 28.6. The van der Waals surface area contributed by atoms with Crippen molar-refractivity contribution in [2.75, 3.05) is 25.6 Å². The highest BCUT2D eigenvalue weighted by atomic mass is 31.2. The fourth-order valence-electron chi connectivity index (χ4n) is 3.31. The number of methoxy groups -OCH3 is 1. The molecule has 13 nitrogen and oxygen atoms in total. The summed E-state index contributed by atoms with van der Waals surface area (Å²) < 4.78 is 29.6.